The van der Waals surface area contributed by atoms with E-state index in [1.54, 1.807) is 11.8 Å². The molecule has 0 saturated carbocycles. The van der Waals surface area contributed by atoms with Gasteiger partial charge >= 0.3 is 5.97 Å². The molecule has 1 aromatic rings. The average Bonchev–Trinajstić information content (AvgIpc) is 3.11. The summed E-state index contributed by atoms with van der Waals surface area (Å²) < 4.78 is 5.38. The molecule has 0 spiro atoms. The van der Waals surface area contributed by atoms with Crippen molar-refractivity contribution >= 4 is 17.6 Å². The van der Waals surface area contributed by atoms with Crippen molar-refractivity contribution in [3.8, 4) is 0 Å². The van der Waals surface area contributed by atoms with Crippen molar-refractivity contribution in [3.63, 3.8) is 0 Å². The van der Waals surface area contributed by atoms with Crippen LogP contribution < -0.4 is 0 Å². The molecule has 2 aliphatic rings. The summed E-state index contributed by atoms with van der Waals surface area (Å²) in [7, 11) is 0. The van der Waals surface area contributed by atoms with E-state index in [1.165, 1.54) is 5.56 Å². The third kappa shape index (κ3) is 4.31. The number of aryl methyl sites for hydroxylation is 1. The molecule has 1 saturated heterocycles. The summed E-state index contributed by atoms with van der Waals surface area (Å²) in [5.41, 5.74) is 2.42. The van der Waals surface area contributed by atoms with E-state index in [0.29, 0.717) is 39.0 Å². The Morgan fingerprint density at radius 1 is 1.33 bits per heavy atom. The summed E-state index contributed by atoms with van der Waals surface area (Å²) in [6.45, 7) is 6.81. The predicted molar refractivity (Wildman–Crippen MR) is 102 cm³/mol. The number of rotatable bonds is 5. The molecule has 3 rings (SSSR count). The van der Waals surface area contributed by atoms with Crippen LogP contribution in [0.3, 0.4) is 0 Å². The highest BCUT2D eigenvalue weighted by atomic mass is 16.6. The molecule has 0 bridgehead atoms. The SMILES string of the molecule is CCOC(=O)[C@]1(C[C@H]2CC(c3ccc(C)cc3)=NO2)CCCN(C(C)=O)C1. The zero-order chi connectivity index (χ0) is 19.4. The lowest BCUT2D eigenvalue weighted by molar-refractivity contribution is -0.163. The Bertz CT molecular complexity index is 728. The number of ether oxygens (including phenoxy) is 1. The molecule has 0 N–H and O–H groups in total. The van der Waals surface area contributed by atoms with Crippen LogP contribution in [0.2, 0.25) is 0 Å². The maximum absolute atomic E-state index is 12.8. The predicted octanol–water partition coefficient (Wildman–Crippen LogP) is 3.07. The van der Waals surface area contributed by atoms with Crippen LogP contribution in [0.5, 0.6) is 0 Å². The van der Waals surface area contributed by atoms with E-state index in [9.17, 15) is 9.59 Å². The van der Waals surface area contributed by atoms with E-state index in [2.05, 4.69) is 17.3 Å². The Balaban J connectivity index is 1.72. The van der Waals surface area contributed by atoms with Crippen molar-refractivity contribution in [1.29, 1.82) is 0 Å². The number of piperidine rings is 1. The third-order valence-electron chi connectivity index (χ3n) is 5.47. The van der Waals surface area contributed by atoms with Crippen LogP contribution in [0.15, 0.2) is 29.4 Å². The van der Waals surface area contributed by atoms with Crippen LogP contribution in [-0.2, 0) is 19.2 Å². The standard InChI is InChI=1S/C21H28N2O4/c1-4-26-20(25)21(10-5-11-23(14-21)16(3)24)13-18-12-19(22-27-18)17-8-6-15(2)7-9-17/h6-9,18H,4-5,10-14H2,1-3H3/t18-,21+/m1/s1. The lowest BCUT2D eigenvalue weighted by Crippen LogP contribution is -2.51. The molecule has 6 nitrogen and oxygen atoms in total. The summed E-state index contributed by atoms with van der Waals surface area (Å²) in [6.07, 6.45) is 2.47. The number of hydrogen-bond donors (Lipinski definition) is 0. The number of carbonyl (C=O) groups is 2. The van der Waals surface area contributed by atoms with E-state index < -0.39 is 5.41 Å². The second-order valence-electron chi connectivity index (χ2n) is 7.58. The Labute approximate surface area is 160 Å². The Hall–Kier alpha value is -2.37. The van der Waals surface area contributed by atoms with Gasteiger partial charge < -0.3 is 14.5 Å². The fourth-order valence-corrected chi connectivity index (χ4v) is 3.99. The van der Waals surface area contributed by atoms with Gasteiger partial charge in [-0.1, -0.05) is 35.0 Å². The van der Waals surface area contributed by atoms with Crippen molar-refractivity contribution in [3.05, 3.63) is 35.4 Å². The molecule has 1 aromatic carbocycles. The average molecular weight is 372 g/mol. The quantitative estimate of drug-likeness (QED) is 0.745. The lowest BCUT2D eigenvalue weighted by Gasteiger charge is -2.41. The van der Waals surface area contributed by atoms with Crippen LogP contribution in [0.4, 0.5) is 0 Å². The first kappa shape index (κ1) is 19.4. The summed E-state index contributed by atoms with van der Waals surface area (Å²) >= 11 is 0. The highest BCUT2D eigenvalue weighted by molar-refractivity contribution is 6.01. The van der Waals surface area contributed by atoms with Gasteiger partial charge in [0.25, 0.3) is 0 Å². The second-order valence-corrected chi connectivity index (χ2v) is 7.58. The largest absolute Gasteiger partial charge is 0.466 e. The molecule has 2 aliphatic heterocycles. The molecule has 27 heavy (non-hydrogen) atoms. The summed E-state index contributed by atoms with van der Waals surface area (Å²) in [5.74, 6) is -0.240. The number of likely N-dealkylation sites (tertiary alicyclic amines) is 1. The Morgan fingerprint density at radius 2 is 2.07 bits per heavy atom. The minimum Gasteiger partial charge on any atom is -0.466 e. The van der Waals surface area contributed by atoms with Gasteiger partial charge in [0.15, 0.2) is 0 Å². The Morgan fingerprint density at radius 3 is 2.74 bits per heavy atom. The van der Waals surface area contributed by atoms with Crippen molar-refractivity contribution < 1.29 is 19.2 Å². The Kier molecular flexibility index (Phi) is 5.82. The topological polar surface area (TPSA) is 68.2 Å². The van der Waals surface area contributed by atoms with E-state index in [1.807, 2.05) is 26.0 Å². The fourth-order valence-electron chi connectivity index (χ4n) is 3.99. The van der Waals surface area contributed by atoms with E-state index in [-0.39, 0.29) is 18.0 Å². The van der Waals surface area contributed by atoms with Crippen molar-refractivity contribution in [1.82, 2.24) is 4.90 Å². The highest BCUT2D eigenvalue weighted by Crippen LogP contribution is 2.39. The highest BCUT2D eigenvalue weighted by Gasteiger charge is 2.47. The fraction of sp³-hybridized carbons (Fsp3) is 0.571. The van der Waals surface area contributed by atoms with E-state index >= 15 is 0 Å². The number of esters is 1. The molecule has 2 heterocycles. The van der Waals surface area contributed by atoms with E-state index in [0.717, 1.165) is 17.7 Å². The summed E-state index contributed by atoms with van der Waals surface area (Å²) in [4.78, 5) is 32.1. The zero-order valence-corrected chi connectivity index (χ0v) is 16.4. The number of hydrogen-bond acceptors (Lipinski definition) is 5. The zero-order valence-electron chi connectivity index (χ0n) is 16.4. The van der Waals surface area contributed by atoms with E-state index in [4.69, 9.17) is 9.57 Å². The van der Waals surface area contributed by atoms with Gasteiger partial charge in [-0.3, -0.25) is 9.59 Å². The first-order valence-electron chi connectivity index (χ1n) is 9.66. The second kappa shape index (κ2) is 8.11. The van der Waals surface area contributed by atoms with Gasteiger partial charge in [0, 0.05) is 32.9 Å². The molecule has 2 atom stereocenters. The van der Waals surface area contributed by atoms with Crippen molar-refractivity contribution in [2.45, 2.75) is 52.6 Å². The molecular formula is C21H28N2O4. The number of benzene rings is 1. The number of oxime groups is 1. The maximum atomic E-state index is 12.8. The molecule has 6 heteroatoms. The summed E-state index contributed by atoms with van der Waals surface area (Å²) in [6, 6.07) is 8.19. The molecule has 0 aliphatic carbocycles. The number of carbonyl (C=O) groups excluding carboxylic acids is 2. The normalized spacial score (nSPS) is 24.9. The van der Waals surface area contributed by atoms with Gasteiger partial charge in [-0.2, -0.15) is 0 Å². The molecular weight excluding hydrogens is 344 g/mol. The maximum Gasteiger partial charge on any atom is 0.314 e. The molecule has 0 unspecified atom stereocenters. The number of amides is 1. The minimum atomic E-state index is -0.719. The van der Waals surface area contributed by atoms with Crippen molar-refractivity contribution in [2.75, 3.05) is 19.7 Å². The summed E-state index contributed by atoms with van der Waals surface area (Å²) in [5, 5.41) is 4.26. The molecule has 0 aromatic heterocycles. The number of nitrogens with zero attached hydrogens (tertiary/aromatic N) is 2. The third-order valence-corrected chi connectivity index (χ3v) is 5.47. The van der Waals surface area contributed by atoms with Crippen LogP contribution in [0.1, 0.15) is 50.7 Å². The van der Waals surface area contributed by atoms with Gasteiger partial charge in [-0.05, 0) is 32.3 Å². The van der Waals surface area contributed by atoms with Gasteiger partial charge in [0.2, 0.25) is 5.91 Å². The van der Waals surface area contributed by atoms with Gasteiger partial charge in [-0.15, -0.1) is 0 Å². The van der Waals surface area contributed by atoms with Crippen LogP contribution >= 0.6 is 0 Å². The van der Waals surface area contributed by atoms with Gasteiger partial charge in [-0.25, -0.2) is 0 Å². The molecule has 1 fully saturated rings. The molecule has 1 amide bonds. The minimum absolute atomic E-state index is 0.00712. The monoisotopic (exact) mass is 372 g/mol. The first-order valence-corrected chi connectivity index (χ1v) is 9.66. The van der Waals surface area contributed by atoms with Gasteiger partial charge in [0.1, 0.15) is 6.10 Å². The molecule has 0 radical (unpaired) electrons. The molecule has 146 valence electrons. The van der Waals surface area contributed by atoms with Gasteiger partial charge in [0.05, 0.1) is 17.7 Å². The smallest absolute Gasteiger partial charge is 0.314 e. The van der Waals surface area contributed by atoms with Crippen molar-refractivity contribution in [2.24, 2.45) is 10.6 Å². The lowest BCUT2D eigenvalue weighted by atomic mass is 9.74. The first-order chi connectivity index (χ1) is 12.9. The van der Waals surface area contributed by atoms with Crippen LogP contribution in [0, 0.1) is 12.3 Å². The van der Waals surface area contributed by atoms with Crippen LogP contribution in [0.25, 0.3) is 0 Å². The van der Waals surface area contributed by atoms with Crippen LogP contribution in [-0.4, -0.2) is 48.3 Å².